The normalized spacial score (nSPS) is 24.6. The Balaban J connectivity index is 1.43. The molecule has 3 fully saturated rings. The van der Waals surface area contributed by atoms with Gasteiger partial charge in [-0.3, -0.25) is 4.79 Å². The zero-order chi connectivity index (χ0) is 22.6. The summed E-state index contributed by atoms with van der Waals surface area (Å²) in [6.45, 7) is 1.77. The average molecular weight is 460 g/mol. The van der Waals surface area contributed by atoms with Crippen molar-refractivity contribution in [2.75, 3.05) is 13.1 Å². The van der Waals surface area contributed by atoms with Crippen molar-refractivity contribution >= 4 is 22.6 Å². The molecular weight excluding hydrogens is 424 g/mol. The highest BCUT2D eigenvalue weighted by Crippen LogP contribution is 2.43. The molecule has 4 rings (SSSR count). The van der Waals surface area contributed by atoms with Crippen LogP contribution in [0, 0.1) is 17.8 Å². The number of hydrogen-bond acceptors (Lipinski definition) is 5. The van der Waals surface area contributed by atoms with Gasteiger partial charge in [-0.05, 0) is 86.3 Å². The number of sulfonamides is 1. The second-order valence-corrected chi connectivity index (χ2v) is 11.5. The number of piperidine rings is 1. The van der Waals surface area contributed by atoms with Gasteiger partial charge in [0.1, 0.15) is 6.34 Å². The minimum Gasteiger partial charge on any atom is -0.361 e. The minimum absolute atomic E-state index is 0.0280. The predicted octanol–water partition coefficient (Wildman–Crippen LogP) is 3.13. The van der Waals surface area contributed by atoms with E-state index in [9.17, 15) is 13.2 Å². The minimum atomic E-state index is -3.78. The Bertz CT molecular complexity index is 892. The topological polar surface area (TPSA) is 105 Å². The first kappa shape index (κ1) is 23.2. The fourth-order valence-corrected chi connectivity index (χ4v) is 6.80. The third kappa shape index (κ3) is 5.70. The van der Waals surface area contributed by atoms with Crippen molar-refractivity contribution in [2.24, 2.45) is 28.7 Å². The summed E-state index contributed by atoms with van der Waals surface area (Å²) in [6.07, 6.45) is 13.5. The summed E-state index contributed by atoms with van der Waals surface area (Å²) < 4.78 is 28.8. The molecule has 0 bridgehead atoms. The molecule has 0 spiro atoms. The lowest BCUT2D eigenvalue weighted by atomic mass is 9.82. The van der Waals surface area contributed by atoms with Crippen molar-refractivity contribution in [2.45, 2.75) is 74.6 Å². The van der Waals surface area contributed by atoms with Crippen LogP contribution in [0.25, 0.3) is 0 Å². The van der Waals surface area contributed by atoms with Crippen LogP contribution in [-0.4, -0.2) is 45.1 Å². The maximum atomic E-state index is 13.1. The third-order valence-corrected chi connectivity index (χ3v) is 8.92. The van der Waals surface area contributed by atoms with E-state index in [1.54, 1.807) is 18.5 Å². The molecule has 175 valence electrons. The smallest absolute Gasteiger partial charge is 0.241 e. The second-order valence-electron chi connectivity index (χ2n) is 9.77. The molecule has 2 aliphatic carbocycles. The first-order valence-corrected chi connectivity index (χ1v) is 13.5. The molecule has 3 N–H and O–H groups in total. The number of nitrogens with two attached hydrogens (primary N) is 1. The van der Waals surface area contributed by atoms with Gasteiger partial charge in [0.05, 0.1) is 10.9 Å². The molecule has 1 saturated heterocycles. The van der Waals surface area contributed by atoms with E-state index < -0.39 is 16.1 Å². The van der Waals surface area contributed by atoms with Crippen LogP contribution in [-0.2, 0) is 14.8 Å². The lowest BCUT2D eigenvalue weighted by molar-refractivity contribution is 0.210. The van der Waals surface area contributed by atoms with Gasteiger partial charge in [0.2, 0.25) is 16.3 Å². The van der Waals surface area contributed by atoms with Crippen molar-refractivity contribution in [1.82, 2.24) is 9.62 Å². The van der Waals surface area contributed by atoms with Crippen LogP contribution in [0.2, 0.25) is 0 Å². The SMILES string of the molecule is NN=CN1CCCC(C[C@@H](C2CC2)[C@@H]([C]=O)NS(=O)(=O)c2ccc(C3CCCC3)cc2)C1. The van der Waals surface area contributed by atoms with Crippen LogP contribution in [0.15, 0.2) is 34.3 Å². The molecule has 0 amide bonds. The van der Waals surface area contributed by atoms with Crippen LogP contribution in [0.1, 0.15) is 69.3 Å². The van der Waals surface area contributed by atoms with Crippen molar-refractivity contribution in [1.29, 1.82) is 0 Å². The van der Waals surface area contributed by atoms with E-state index in [-0.39, 0.29) is 10.8 Å². The molecular formula is C24H35N4O3S. The van der Waals surface area contributed by atoms with Crippen molar-refractivity contribution in [3.8, 4) is 0 Å². The van der Waals surface area contributed by atoms with E-state index in [1.165, 1.54) is 31.2 Å². The van der Waals surface area contributed by atoms with Gasteiger partial charge in [-0.1, -0.05) is 25.0 Å². The molecule has 1 aliphatic heterocycles. The Morgan fingerprint density at radius 2 is 1.84 bits per heavy atom. The summed E-state index contributed by atoms with van der Waals surface area (Å²) >= 11 is 0. The van der Waals surface area contributed by atoms with Crippen molar-refractivity contribution in [3.05, 3.63) is 29.8 Å². The van der Waals surface area contributed by atoms with E-state index in [0.29, 0.717) is 17.8 Å². The number of carbonyl (C=O) groups excluding carboxylic acids is 1. The quantitative estimate of drug-likeness (QED) is 0.242. The summed E-state index contributed by atoms with van der Waals surface area (Å²) in [5.74, 6) is 6.58. The van der Waals surface area contributed by atoms with Gasteiger partial charge >= 0.3 is 0 Å². The van der Waals surface area contributed by atoms with E-state index >= 15 is 0 Å². The highest BCUT2D eigenvalue weighted by atomic mass is 32.2. The number of likely N-dealkylation sites (tertiary alicyclic amines) is 1. The molecule has 1 heterocycles. The monoisotopic (exact) mass is 459 g/mol. The van der Waals surface area contributed by atoms with E-state index in [4.69, 9.17) is 5.84 Å². The highest BCUT2D eigenvalue weighted by molar-refractivity contribution is 7.89. The Hall–Kier alpha value is -1.93. The molecule has 2 saturated carbocycles. The summed E-state index contributed by atoms with van der Waals surface area (Å²) in [6, 6.07) is 6.39. The van der Waals surface area contributed by atoms with E-state index in [0.717, 1.165) is 45.2 Å². The predicted molar refractivity (Wildman–Crippen MR) is 125 cm³/mol. The van der Waals surface area contributed by atoms with Crippen LogP contribution >= 0.6 is 0 Å². The first-order chi connectivity index (χ1) is 15.5. The third-order valence-electron chi connectivity index (χ3n) is 7.47. The molecule has 3 atom stereocenters. The fourth-order valence-electron chi connectivity index (χ4n) is 5.61. The largest absolute Gasteiger partial charge is 0.361 e. The molecule has 1 unspecified atom stereocenters. The number of nitrogens with zero attached hydrogens (tertiary/aromatic N) is 2. The lowest BCUT2D eigenvalue weighted by Crippen LogP contribution is -2.44. The van der Waals surface area contributed by atoms with Gasteiger partial charge in [0.25, 0.3) is 0 Å². The van der Waals surface area contributed by atoms with E-state index in [2.05, 4.69) is 14.7 Å². The number of benzene rings is 1. The number of nitrogens with one attached hydrogen (secondary N) is 1. The number of hydrazone groups is 1. The molecule has 8 heteroatoms. The van der Waals surface area contributed by atoms with Gasteiger partial charge in [-0.25, -0.2) is 8.42 Å². The molecule has 32 heavy (non-hydrogen) atoms. The first-order valence-electron chi connectivity index (χ1n) is 12.0. The van der Waals surface area contributed by atoms with Crippen LogP contribution < -0.4 is 10.6 Å². The number of rotatable bonds is 10. The summed E-state index contributed by atoms with van der Waals surface area (Å²) in [5, 5.41) is 3.63. The summed E-state index contributed by atoms with van der Waals surface area (Å²) in [7, 11) is -3.78. The molecule has 1 radical (unpaired) electrons. The zero-order valence-corrected chi connectivity index (χ0v) is 19.5. The highest BCUT2D eigenvalue weighted by Gasteiger charge is 2.40. The maximum Gasteiger partial charge on any atom is 0.241 e. The molecule has 1 aromatic rings. The Kier molecular flexibility index (Phi) is 7.51. The fraction of sp³-hybridized carbons (Fsp3) is 0.667. The Labute approximate surface area is 191 Å². The van der Waals surface area contributed by atoms with Gasteiger partial charge in [0, 0.05) is 13.1 Å². The lowest BCUT2D eigenvalue weighted by Gasteiger charge is -2.34. The van der Waals surface area contributed by atoms with Gasteiger partial charge in [-0.15, -0.1) is 0 Å². The second kappa shape index (κ2) is 10.3. The molecule has 0 aromatic heterocycles. The number of hydrogen-bond donors (Lipinski definition) is 2. The van der Waals surface area contributed by atoms with Gasteiger partial charge in [-0.2, -0.15) is 9.82 Å². The van der Waals surface area contributed by atoms with Gasteiger partial charge < -0.3 is 10.7 Å². The zero-order valence-electron chi connectivity index (χ0n) is 18.7. The van der Waals surface area contributed by atoms with Crippen molar-refractivity contribution in [3.63, 3.8) is 0 Å². The average Bonchev–Trinajstić information content (AvgIpc) is 3.49. The summed E-state index contributed by atoms with van der Waals surface area (Å²) in [5.41, 5.74) is 1.21. The standard InChI is InChI=1S/C24H35N4O3S/c25-26-17-28-13-3-4-18(15-28)14-23(21-7-8-21)24(16-29)27-32(30,31)22-11-9-20(10-12-22)19-5-1-2-6-19/h9-12,17-19,21,23-24,27H,1-8,13-15,25H2/t18?,23-,24+/m0/s1. The van der Waals surface area contributed by atoms with Crippen LogP contribution in [0.3, 0.4) is 0 Å². The van der Waals surface area contributed by atoms with Crippen LogP contribution in [0.5, 0.6) is 0 Å². The van der Waals surface area contributed by atoms with E-state index in [1.807, 2.05) is 18.4 Å². The maximum absolute atomic E-state index is 13.1. The Morgan fingerprint density at radius 3 is 2.47 bits per heavy atom. The van der Waals surface area contributed by atoms with Crippen molar-refractivity contribution < 1.29 is 13.2 Å². The molecule has 3 aliphatic rings. The van der Waals surface area contributed by atoms with Crippen LogP contribution in [0.4, 0.5) is 0 Å². The summed E-state index contributed by atoms with van der Waals surface area (Å²) in [4.78, 5) is 14.2. The molecule has 7 nitrogen and oxygen atoms in total. The Morgan fingerprint density at radius 1 is 1.12 bits per heavy atom. The van der Waals surface area contributed by atoms with Gasteiger partial charge in [0.15, 0.2) is 0 Å². The molecule has 1 aromatic carbocycles.